The van der Waals surface area contributed by atoms with E-state index >= 15 is 0 Å². The second kappa shape index (κ2) is 5.49. The van der Waals surface area contributed by atoms with Crippen LogP contribution in [0.1, 0.15) is 5.69 Å². The first kappa shape index (κ1) is 13.0. The van der Waals surface area contributed by atoms with Crippen molar-refractivity contribution in [3.8, 4) is 0 Å². The number of anilines is 1. The molecule has 0 unspecified atom stereocenters. The Kier molecular flexibility index (Phi) is 3.98. The molecular formula is C11H7BrClFN2O2. The predicted molar refractivity (Wildman–Crippen MR) is 67.9 cm³/mol. The number of halogens is 3. The lowest BCUT2D eigenvalue weighted by atomic mass is 10.2. The van der Waals surface area contributed by atoms with Gasteiger partial charge in [-0.15, -0.1) is 0 Å². The minimum atomic E-state index is -0.491. The first-order valence-corrected chi connectivity index (χ1v) is 6.07. The Bertz CT molecular complexity index is 575. The van der Waals surface area contributed by atoms with Gasteiger partial charge in [-0.25, -0.2) is 4.39 Å². The summed E-state index contributed by atoms with van der Waals surface area (Å²) in [4.78, 5) is 11.7. The van der Waals surface area contributed by atoms with Crippen molar-refractivity contribution in [3.05, 3.63) is 45.5 Å². The summed E-state index contributed by atoms with van der Waals surface area (Å²) in [6, 6.07) is 4.11. The maximum Gasteiger partial charge on any atom is 0.230 e. The van der Waals surface area contributed by atoms with Crippen molar-refractivity contribution >= 4 is 39.1 Å². The van der Waals surface area contributed by atoms with Crippen LogP contribution in [0.4, 0.5) is 10.1 Å². The van der Waals surface area contributed by atoms with Crippen LogP contribution < -0.4 is 5.32 Å². The van der Waals surface area contributed by atoms with E-state index in [1.54, 1.807) is 6.07 Å². The summed E-state index contributed by atoms with van der Waals surface area (Å²) in [7, 11) is 0. The summed E-state index contributed by atoms with van der Waals surface area (Å²) in [5.41, 5.74) is 0.836. The standard InChI is InChI=1S/C11H7BrClFN2O2/c12-7-4-10(8(13)5-9(7)14)15-11(17)3-6-1-2-18-16-6/h1-2,4-5H,3H2,(H,15,17). The van der Waals surface area contributed by atoms with Crippen LogP contribution >= 0.6 is 27.5 Å². The Morgan fingerprint density at radius 2 is 2.33 bits per heavy atom. The van der Waals surface area contributed by atoms with Crippen molar-refractivity contribution in [3.63, 3.8) is 0 Å². The number of carbonyl (C=O) groups excluding carboxylic acids is 1. The van der Waals surface area contributed by atoms with Gasteiger partial charge in [0.2, 0.25) is 5.91 Å². The average molecular weight is 334 g/mol. The normalized spacial score (nSPS) is 10.4. The Labute approximate surface area is 115 Å². The molecule has 2 aromatic rings. The summed E-state index contributed by atoms with van der Waals surface area (Å²) in [5.74, 6) is -0.807. The van der Waals surface area contributed by atoms with Crippen molar-refractivity contribution in [2.45, 2.75) is 6.42 Å². The zero-order valence-electron chi connectivity index (χ0n) is 8.91. The third-order valence-corrected chi connectivity index (χ3v) is 3.04. The van der Waals surface area contributed by atoms with E-state index in [-0.39, 0.29) is 21.8 Å². The van der Waals surface area contributed by atoms with Gasteiger partial charge >= 0.3 is 0 Å². The van der Waals surface area contributed by atoms with E-state index in [9.17, 15) is 9.18 Å². The van der Waals surface area contributed by atoms with Crippen LogP contribution in [0.2, 0.25) is 5.02 Å². The van der Waals surface area contributed by atoms with Gasteiger partial charge in [-0.3, -0.25) is 4.79 Å². The summed E-state index contributed by atoms with van der Waals surface area (Å²) in [6.45, 7) is 0. The third kappa shape index (κ3) is 3.08. The topological polar surface area (TPSA) is 55.1 Å². The number of hydrogen-bond acceptors (Lipinski definition) is 3. The summed E-state index contributed by atoms with van der Waals surface area (Å²) in [6.07, 6.45) is 1.44. The van der Waals surface area contributed by atoms with E-state index in [4.69, 9.17) is 11.6 Å². The molecule has 1 aromatic heterocycles. The highest BCUT2D eigenvalue weighted by molar-refractivity contribution is 9.10. The van der Waals surface area contributed by atoms with Crippen molar-refractivity contribution in [2.24, 2.45) is 0 Å². The highest BCUT2D eigenvalue weighted by atomic mass is 79.9. The molecular weight excluding hydrogens is 326 g/mol. The van der Waals surface area contributed by atoms with Crippen LogP contribution in [0.15, 0.2) is 33.5 Å². The second-order valence-electron chi connectivity index (χ2n) is 3.46. The molecule has 1 aromatic carbocycles. The van der Waals surface area contributed by atoms with Gasteiger partial charge in [-0.2, -0.15) is 0 Å². The summed E-state index contributed by atoms with van der Waals surface area (Å²) < 4.78 is 18.0. The minimum absolute atomic E-state index is 0.0574. The van der Waals surface area contributed by atoms with E-state index < -0.39 is 5.82 Å². The molecule has 94 valence electrons. The van der Waals surface area contributed by atoms with E-state index in [0.717, 1.165) is 6.07 Å². The maximum atomic E-state index is 13.1. The van der Waals surface area contributed by atoms with Gasteiger partial charge in [0.05, 0.1) is 27.3 Å². The van der Waals surface area contributed by atoms with Crippen LogP contribution in [-0.4, -0.2) is 11.1 Å². The van der Waals surface area contributed by atoms with Crippen molar-refractivity contribution in [2.75, 3.05) is 5.32 Å². The number of hydrogen-bond donors (Lipinski definition) is 1. The highest BCUT2D eigenvalue weighted by Gasteiger charge is 2.11. The molecule has 0 spiro atoms. The molecule has 1 amide bonds. The quantitative estimate of drug-likeness (QED) is 0.876. The van der Waals surface area contributed by atoms with Gasteiger partial charge in [0.25, 0.3) is 0 Å². The Hall–Kier alpha value is -1.40. The molecule has 0 saturated heterocycles. The fourth-order valence-electron chi connectivity index (χ4n) is 1.31. The fraction of sp³-hybridized carbons (Fsp3) is 0.0909. The number of nitrogens with one attached hydrogen (secondary N) is 1. The van der Waals surface area contributed by atoms with E-state index in [2.05, 4.69) is 30.9 Å². The van der Waals surface area contributed by atoms with Crippen LogP contribution in [-0.2, 0) is 11.2 Å². The van der Waals surface area contributed by atoms with Gasteiger partial charge < -0.3 is 9.84 Å². The molecule has 2 rings (SSSR count). The molecule has 0 bridgehead atoms. The lowest BCUT2D eigenvalue weighted by Crippen LogP contribution is -2.15. The van der Waals surface area contributed by atoms with E-state index in [1.165, 1.54) is 12.3 Å². The van der Waals surface area contributed by atoms with Gasteiger partial charge in [-0.05, 0) is 28.1 Å². The lowest BCUT2D eigenvalue weighted by molar-refractivity contribution is -0.115. The molecule has 0 aliphatic carbocycles. The predicted octanol–water partition coefficient (Wildman–Crippen LogP) is 3.41. The van der Waals surface area contributed by atoms with E-state index in [0.29, 0.717) is 11.4 Å². The maximum absolute atomic E-state index is 13.1. The van der Waals surface area contributed by atoms with Crippen LogP contribution in [0.3, 0.4) is 0 Å². The third-order valence-electron chi connectivity index (χ3n) is 2.12. The number of carbonyl (C=O) groups is 1. The van der Waals surface area contributed by atoms with Crippen LogP contribution in [0.25, 0.3) is 0 Å². The van der Waals surface area contributed by atoms with Gasteiger partial charge in [-0.1, -0.05) is 16.8 Å². The number of aromatic nitrogens is 1. The molecule has 0 fully saturated rings. The lowest BCUT2D eigenvalue weighted by Gasteiger charge is -2.07. The molecule has 0 aliphatic heterocycles. The molecule has 0 atom stereocenters. The smallest absolute Gasteiger partial charge is 0.230 e. The fourth-order valence-corrected chi connectivity index (χ4v) is 1.85. The van der Waals surface area contributed by atoms with Gasteiger partial charge in [0.15, 0.2) is 0 Å². The number of amides is 1. The Morgan fingerprint density at radius 1 is 1.56 bits per heavy atom. The minimum Gasteiger partial charge on any atom is -0.364 e. The Balaban J connectivity index is 2.09. The van der Waals surface area contributed by atoms with Gasteiger partial charge in [0.1, 0.15) is 12.1 Å². The average Bonchev–Trinajstić information content (AvgIpc) is 2.78. The molecule has 1 heterocycles. The molecule has 0 aliphatic rings. The van der Waals surface area contributed by atoms with Crippen molar-refractivity contribution in [1.29, 1.82) is 0 Å². The second-order valence-corrected chi connectivity index (χ2v) is 4.72. The first-order valence-electron chi connectivity index (χ1n) is 4.90. The molecule has 4 nitrogen and oxygen atoms in total. The van der Waals surface area contributed by atoms with Crippen molar-refractivity contribution in [1.82, 2.24) is 5.16 Å². The Morgan fingerprint density at radius 3 is 3.00 bits per heavy atom. The molecule has 18 heavy (non-hydrogen) atoms. The van der Waals surface area contributed by atoms with Crippen LogP contribution in [0.5, 0.6) is 0 Å². The zero-order chi connectivity index (χ0) is 13.1. The molecule has 0 radical (unpaired) electrons. The van der Waals surface area contributed by atoms with Crippen LogP contribution in [0, 0.1) is 5.82 Å². The largest absolute Gasteiger partial charge is 0.364 e. The van der Waals surface area contributed by atoms with Crippen molar-refractivity contribution < 1.29 is 13.7 Å². The monoisotopic (exact) mass is 332 g/mol. The molecule has 1 N–H and O–H groups in total. The number of benzene rings is 1. The number of nitrogens with zero attached hydrogens (tertiary/aromatic N) is 1. The first-order chi connectivity index (χ1) is 8.56. The van der Waals surface area contributed by atoms with Gasteiger partial charge in [0, 0.05) is 6.07 Å². The SMILES string of the molecule is O=C(Cc1ccon1)Nc1cc(Br)c(F)cc1Cl. The highest BCUT2D eigenvalue weighted by Crippen LogP contribution is 2.28. The molecule has 0 saturated carbocycles. The summed E-state index contributed by atoms with van der Waals surface area (Å²) in [5, 5.41) is 6.31. The molecule has 7 heteroatoms. The van der Waals surface area contributed by atoms with E-state index in [1.807, 2.05) is 0 Å². The summed E-state index contributed by atoms with van der Waals surface area (Å²) >= 11 is 8.84. The zero-order valence-corrected chi connectivity index (χ0v) is 11.3. The number of rotatable bonds is 3.